The van der Waals surface area contributed by atoms with Gasteiger partial charge in [-0.3, -0.25) is 9.59 Å². The van der Waals surface area contributed by atoms with Crippen LogP contribution in [0.2, 0.25) is 0 Å². The highest BCUT2D eigenvalue weighted by molar-refractivity contribution is 7.99. The molecule has 1 heterocycles. The van der Waals surface area contributed by atoms with Crippen LogP contribution < -0.4 is 11.1 Å². The molecule has 4 fully saturated rings. The smallest absolute Gasteiger partial charge is 0.230 e. The summed E-state index contributed by atoms with van der Waals surface area (Å²) >= 11 is 1.39. The number of aryl methyl sites for hydroxylation is 1. The number of carbonyl (C=O) groups is 2. The van der Waals surface area contributed by atoms with E-state index in [1.807, 2.05) is 11.6 Å². The van der Waals surface area contributed by atoms with E-state index in [1.54, 1.807) is 0 Å². The summed E-state index contributed by atoms with van der Waals surface area (Å²) in [7, 11) is 1.85. The summed E-state index contributed by atoms with van der Waals surface area (Å²) in [6.07, 6.45) is 8.91. The van der Waals surface area contributed by atoms with Gasteiger partial charge in [-0.15, -0.1) is 10.2 Å². The Labute approximate surface area is 164 Å². The van der Waals surface area contributed by atoms with E-state index >= 15 is 0 Å². The van der Waals surface area contributed by atoms with E-state index in [0.717, 1.165) is 24.3 Å². The predicted molar refractivity (Wildman–Crippen MR) is 103 cm³/mol. The van der Waals surface area contributed by atoms with Crippen molar-refractivity contribution in [2.24, 2.45) is 36.0 Å². The van der Waals surface area contributed by atoms with Crippen molar-refractivity contribution in [2.45, 2.75) is 56.5 Å². The lowest BCUT2D eigenvalue weighted by atomic mass is 9.49. The molecule has 27 heavy (non-hydrogen) atoms. The van der Waals surface area contributed by atoms with Crippen LogP contribution in [0.3, 0.4) is 0 Å². The molecule has 2 amide bonds. The van der Waals surface area contributed by atoms with Crippen LogP contribution in [-0.4, -0.2) is 38.9 Å². The number of nitrogens with one attached hydrogen (secondary N) is 1. The van der Waals surface area contributed by atoms with E-state index in [-0.39, 0.29) is 18.2 Å². The monoisotopic (exact) mass is 391 g/mol. The van der Waals surface area contributed by atoms with Gasteiger partial charge in [-0.1, -0.05) is 11.8 Å². The Morgan fingerprint density at radius 3 is 2.41 bits per heavy atom. The van der Waals surface area contributed by atoms with Gasteiger partial charge in [-0.2, -0.15) is 0 Å². The van der Waals surface area contributed by atoms with Gasteiger partial charge >= 0.3 is 0 Å². The first kappa shape index (κ1) is 18.8. The number of aromatic nitrogens is 3. The second-order valence-corrected chi connectivity index (χ2v) is 9.85. The Hall–Kier alpha value is -1.57. The molecule has 8 heteroatoms. The van der Waals surface area contributed by atoms with Crippen molar-refractivity contribution in [3.63, 3.8) is 0 Å². The molecule has 4 saturated carbocycles. The van der Waals surface area contributed by atoms with Gasteiger partial charge in [0.1, 0.15) is 5.82 Å². The van der Waals surface area contributed by atoms with Gasteiger partial charge in [0.05, 0.1) is 5.75 Å². The highest BCUT2D eigenvalue weighted by Gasteiger charge is 2.50. The van der Waals surface area contributed by atoms with Crippen LogP contribution in [0.4, 0.5) is 0 Å². The number of carbonyl (C=O) groups excluding carboxylic acids is 2. The summed E-state index contributed by atoms with van der Waals surface area (Å²) in [5, 5.41) is 12.1. The molecule has 5 rings (SSSR count). The average molecular weight is 392 g/mol. The second kappa shape index (κ2) is 7.45. The van der Waals surface area contributed by atoms with Gasteiger partial charge in [0.2, 0.25) is 11.8 Å². The minimum Gasteiger partial charge on any atom is -0.370 e. The summed E-state index contributed by atoms with van der Waals surface area (Å²) < 4.78 is 1.83. The fourth-order valence-electron chi connectivity index (χ4n) is 5.90. The first-order valence-electron chi connectivity index (χ1n) is 9.98. The number of thioether (sulfide) groups is 1. The quantitative estimate of drug-likeness (QED) is 0.656. The molecule has 0 aromatic carbocycles. The highest BCUT2D eigenvalue weighted by atomic mass is 32.2. The molecule has 4 aliphatic rings. The molecular weight excluding hydrogens is 362 g/mol. The summed E-state index contributed by atoms with van der Waals surface area (Å²) in [6, 6.07) is 0. The van der Waals surface area contributed by atoms with Crippen LogP contribution in [0, 0.1) is 23.2 Å². The molecule has 148 valence electrons. The Balaban J connectivity index is 1.25. The lowest BCUT2D eigenvalue weighted by Gasteiger charge is -2.56. The average Bonchev–Trinajstić information content (AvgIpc) is 2.95. The lowest BCUT2D eigenvalue weighted by Crippen LogP contribution is -2.51. The van der Waals surface area contributed by atoms with Gasteiger partial charge in [-0.05, 0) is 61.7 Å². The number of rotatable bonds is 8. The lowest BCUT2D eigenvalue weighted by molar-refractivity contribution is -0.121. The van der Waals surface area contributed by atoms with Crippen molar-refractivity contribution in [3.05, 3.63) is 5.82 Å². The zero-order valence-electron chi connectivity index (χ0n) is 15.9. The molecule has 0 spiro atoms. The van der Waals surface area contributed by atoms with E-state index in [4.69, 9.17) is 5.73 Å². The second-order valence-electron chi connectivity index (χ2n) is 8.91. The standard InChI is InChI=1S/C19H29N5O2S/c1-24-16(3-2-15(20)25)22-23-18(24)27-10-17(26)21-11-19-7-12-4-13(8-19)6-14(5-12)9-19/h12-14H,2-11H2,1H3,(H2,20,25)(H,21,26). The zero-order valence-corrected chi connectivity index (χ0v) is 16.8. The molecule has 0 aliphatic heterocycles. The number of nitrogens with two attached hydrogens (primary N) is 1. The molecule has 1 aromatic heterocycles. The van der Waals surface area contributed by atoms with Crippen molar-refractivity contribution in [2.75, 3.05) is 12.3 Å². The third-order valence-electron chi connectivity index (χ3n) is 6.68. The molecule has 4 aliphatic carbocycles. The van der Waals surface area contributed by atoms with E-state index in [9.17, 15) is 9.59 Å². The van der Waals surface area contributed by atoms with Crippen molar-refractivity contribution < 1.29 is 9.59 Å². The number of hydrogen-bond acceptors (Lipinski definition) is 5. The van der Waals surface area contributed by atoms with Crippen molar-refractivity contribution in [3.8, 4) is 0 Å². The van der Waals surface area contributed by atoms with Crippen molar-refractivity contribution >= 4 is 23.6 Å². The maximum absolute atomic E-state index is 12.4. The predicted octanol–water partition coefficient (Wildman–Crippen LogP) is 1.66. The highest BCUT2D eigenvalue weighted by Crippen LogP contribution is 2.59. The first-order valence-corrected chi connectivity index (χ1v) is 11.0. The van der Waals surface area contributed by atoms with Gasteiger partial charge in [0.25, 0.3) is 0 Å². The number of amides is 2. The van der Waals surface area contributed by atoms with E-state index in [1.165, 1.54) is 50.3 Å². The molecule has 0 unspecified atom stereocenters. The summed E-state index contributed by atoms with van der Waals surface area (Å²) in [5.41, 5.74) is 5.54. The molecule has 7 nitrogen and oxygen atoms in total. The minimum absolute atomic E-state index is 0.0671. The maximum Gasteiger partial charge on any atom is 0.230 e. The molecule has 1 aromatic rings. The third kappa shape index (κ3) is 4.15. The first-order chi connectivity index (χ1) is 12.9. The van der Waals surface area contributed by atoms with Crippen LogP contribution in [0.15, 0.2) is 5.16 Å². The van der Waals surface area contributed by atoms with Crippen LogP contribution in [0.5, 0.6) is 0 Å². The molecular formula is C19H29N5O2S. The summed E-state index contributed by atoms with van der Waals surface area (Å²) in [4.78, 5) is 23.3. The Bertz CT molecular complexity index is 696. The van der Waals surface area contributed by atoms with Crippen LogP contribution in [0.25, 0.3) is 0 Å². The molecule has 0 atom stereocenters. The van der Waals surface area contributed by atoms with Crippen LogP contribution >= 0.6 is 11.8 Å². The SMILES string of the molecule is Cn1c(CCC(N)=O)nnc1SCC(=O)NCC12CC3CC(CC(C3)C1)C2. The molecule has 4 bridgehead atoms. The normalized spacial score (nSPS) is 31.2. The van der Waals surface area contributed by atoms with Crippen LogP contribution in [-0.2, 0) is 23.1 Å². The minimum atomic E-state index is -0.351. The van der Waals surface area contributed by atoms with Gasteiger partial charge in [0.15, 0.2) is 5.16 Å². The number of nitrogens with zero attached hydrogens (tertiary/aromatic N) is 3. The Morgan fingerprint density at radius 1 is 1.19 bits per heavy atom. The summed E-state index contributed by atoms with van der Waals surface area (Å²) in [5.74, 6) is 3.48. The van der Waals surface area contributed by atoms with E-state index < -0.39 is 0 Å². The largest absolute Gasteiger partial charge is 0.370 e. The number of primary amides is 1. The van der Waals surface area contributed by atoms with Gasteiger partial charge in [-0.25, -0.2) is 0 Å². The topological polar surface area (TPSA) is 103 Å². The molecule has 0 radical (unpaired) electrons. The number of hydrogen-bond donors (Lipinski definition) is 2. The Morgan fingerprint density at radius 2 is 1.81 bits per heavy atom. The van der Waals surface area contributed by atoms with E-state index in [0.29, 0.717) is 28.6 Å². The summed E-state index contributed by atoms with van der Waals surface area (Å²) in [6.45, 7) is 0.832. The zero-order chi connectivity index (χ0) is 19.0. The molecule has 3 N–H and O–H groups in total. The fourth-order valence-corrected chi connectivity index (χ4v) is 6.66. The van der Waals surface area contributed by atoms with Gasteiger partial charge < -0.3 is 15.6 Å². The van der Waals surface area contributed by atoms with Gasteiger partial charge in [0, 0.05) is 26.4 Å². The fraction of sp³-hybridized carbons (Fsp3) is 0.789. The maximum atomic E-state index is 12.4. The van der Waals surface area contributed by atoms with E-state index in [2.05, 4.69) is 15.5 Å². The van der Waals surface area contributed by atoms with Crippen molar-refractivity contribution in [1.82, 2.24) is 20.1 Å². The van der Waals surface area contributed by atoms with Crippen LogP contribution in [0.1, 0.15) is 50.8 Å². The van der Waals surface area contributed by atoms with Crippen molar-refractivity contribution in [1.29, 1.82) is 0 Å². The third-order valence-corrected chi connectivity index (χ3v) is 7.70. The molecule has 0 saturated heterocycles. The Kier molecular flexibility index (Phi) is 5.18.